The highest BCUT2D eigenvalue weighted by Gasteiger charge is 2.27. The van der Waals surface area contributed by atoms with Crippen LogP contribution in [0, 0.1) is 0 Å². The van der Waals surface area contributed by atoms with Gasteiger partial charge in [-0.3, -0.25) is 0 Å². The van der Waals surface area contributed by atoms with E-state index >= 15 is 0 Å². The molecule has 5 heteroatoms. The molecule has 1 aliphatic rings. The summed E-state index contributed by atoms with van der Waals surface area (Å²) in [4.78, 5) is 7.30. The lowest BCUT2D eigenvalue weighted by molar-refractivity contribution is 1.23. The first-order chi connectivity index (χ1) is 26.3. The number of para-hydroxylation sites is 3. The number of hydrogen-bond acceptors (Lipinski definition) is 5. The number of rotatable bonds is 5. The number of thiophene rings is 2. The van der Waals surface area contributed by atoms with Gasteiger partial charge >= 0.3 is 0 Å². The van der Waals surface area contributed by atoms with E-state index in [1.807, 2.05) is 22.7 Å². The fourth-order valence-corrected chi connectivity index (χ4v) is 10.4. The molecule has 0 amide bonds. The second kappa shape index (κ2) is 12.1. The molecule has 10 aromatic rings. The summed E-state index contributed by atoms with van der Waals surface area (Å²) >= 11 is 3.75. The molecule has 11 rings (SSSR count). The Morgan fingerprint density at radius 3 is 1.49 bits per heavy atom. The van der Waals surface area contributed by atoms with Crippen molar-refractivity contribution in [2.24, 2.45) is 0 Å². The largest absolute Gasteiger partial charge is 0.310 e. The van der Waals surface area contributed by atoms with Crippen molar-refractivity contribution in [2.45, 2.75) is 0 Å². The van der Waals surface area contributed by atoms with Crippen LogP contribution < -0.4 is 14.7 Å². The van der Waals surface area contributed by atoms with Crippen LogP contribution in [0.3, 0.4) is 0 Å². The Balaban J connectivity index is 1.27. The monoisotopic (exact) mass is 713 g/mol. The van der Waals surface area contributed by atoms with Crippen molar-refractivity contribution in [3.8, 4) is 0 Å². The first-order valence-corrected chi connectivity index (χ1v) is 19.5. The normalized spacial score (nSPS) is 12.5. The van der Waals surface area contributed by atoms with Crippen LogP contribution in [0.1, 0.15) is 0 Å². The lowest BCUT2D eigenvalue weighted by Gasteiger charge is -2.33. The minimum absolute atomic E-state index is 1.07. The van der Waals surface area contributed by atoms with Crippen molar-refractivity contribution >= 4 is 114 Å². The van der Waals surface area contributed by atoms with Crippen LogP contribution in [-0.4, -0.2) is 0 Å². The van der Waals surface area contributed by atoms with E-state index in [9.17, 15) is 0 Å². The van der Waals surface area contributed by atoms with Gasteiger partial charge in [0.05, 0.1) is 37.8 Å². The van der Waals surface area contributed by atoms with Crippen LogP contribution in [0.2, 0.25) is 0 Å². The van der Waals surface area contributed by atoms with Gasteiger partial charge in [0.1, 0.15) is 0 Å². The topological polar surface area (TPSA) is 9.72 Å². The first-order valence-electron chi connectivity index (χ1n) is 17.8. The van der Waals surface area contributed by atoms with Gasteiger partial charge in [-0.05, 0) is 91.0 Å². The summed E-state index contributed by atoms with van der Waals surface area (Å²) in [6, 6.07) is 68.6. The summed E-state index contributed by atoms with van der Waals surface area (Å²) < 4.78 is 5.15. The molecular formula is C48H31N3S2. The van der Waals surface area contributed by atoms with E-state index in [-0.39, 0.29) is 0 Å². The van der Waals surface area contributed by atoms with E-state index in [1.54, 1.807) is 0 Å². The zero-order valence-corrected chi connectivity index (χ0v) is 30.2. The van der Waals surface area contributed by atoms with Crippen molar-refractivity contribution in [3.05, 3.63) is 188 Å². The van der Waals surface area contributed by atoms with Crippen LogP contribution in [0.15, 0.2) is 188 Å². The van der Waals surface area contributed by atoms with Gasteiger partial charge in [-0.25, -0.2) is 0 Å². The zero-order valence-electron chi connectivity index (χ0n) is 28.6. The molecule has 0 aliphatic carbocycles. The molecule has 1 aliphatic heterocycles. The Morgan fingerprint density at radius 1 is 0.321 bits per heavy atom. The minimum Gasteiger partial charge on any atom is -0.310 e. The lowest BCUT2D eigenvalue weighted by Crippen LogP contribution is -2.16. The summed E-state index contributed by atoms with van der Waals surface area (Å²) in [6.07, 6.45) is 0. The van der Waals surface area contributed by atoms with Crippen molar-refractivity contribution in [3.63, 3.8) is 0 Å². The number of nitrogens with zero attached hydrogens (tertiary/aromatic N) is 3. The van der Waals surface area contributed by atoms with Gasteiger partial charge in [-0.2, -0.15) is 0 Å². The SMILES string of the molecule is c1ccc(N(c2ccccc2)c2cc3cc(c2)N(c2ccc4sc5ccccc5c4c2)c2cccc4c2sc2c(cccc24)N3c2ccccc2)cc1. The average molecular weight is 714 g/mol. The summed E-state index contributed by atoms with van der Waals surface area (Å²) in [5.41, 5.74) is 10.1. The Kier molecular flexibility index (Phi) is 6.90. The van der Waals surface area contributed by atoms with E-state index < -0.39 is 0 Å². The summed E-state index contributed by atoms with van der Waals surface area (Å²) in [5.74, 6) is 0. The van der Waals surface area contributed by atoms with Crippen molar-refractivity contribution in [2.75, 3.05) is 14.7 Å². The minimum atomic E-state index is 1.07. The van der Waals surface area contributed by atoms with E-state index in [2.05, 4.69) is 203 Å². The summed E-state index contributed by atoms with van der Waals surface area (Å²) in [5, 5.41) is 5.12. The quantitative estimate of drug-likeness (QED) is 0.176. The Morgan fingerprint density at radius 2 is 0.849 bits per heavy atom. The molecule has 4 bridgehead atoms. The van der Waals surface area contributed by atoms with Crippen molar-refractivity contribution < 1.29 is 0 Å². The van der Waals surface area contributed by atoms with E-state index in [0.717, 1.165) is 39.8 Å². The van der Waals surface area contributed by atoms with E-state index in [4.69, 9.17) is 0 Å². The highest BCUT2D eigenvalue weighted by atomic mass is 32.1. The van der Waals surface area contributed by atoms with Gasteiger partial charge in [0.2, 0.25) is 0 Å². The molecule has 53 heavy (non-hydrogen) atoms. The Labute approximate surface area is 315 Å². The summed E-state index contributed by atoms with van der Waals surface area (Å²) in [6.45, 7) is 0. The van der Waals surface area contributed by atoms with Crippen molar-refractivity contribution in [1.29, 1.82) is 0 Å². The predicted octanol–water partition coefficient (Wildman–Crippen LogP) is 15.1. The van der Waals surface area contributed by atoms with Crippen molar-refractivity contribution in [1.82, 2.24) is 0 Å². The molecule has 3 heterocycles. The fraction of sp³-hybridized carbons (Fsp3) is 0. The molecule has 3 nitrogen and oxygen atoms in total. The second-order valence-electron chi connectivity index (χ2n) is 13.4. The molecule has 0 unspecified atom stereocenters. The molecule has 0 N–H and O–H groups in total. The van der Waals surface area contributed by atoms with Gasteiger partial charge < -0.3 is 14.7 Å². The van der Waals surface area contributed by atoms with E-state index in [0.29, 0.717) is 0 Å². The van der Waals surface area contributed by atoms with Crippen LogP contribution in [0.5, 0.6) is 0 Å². The third-order valence-corrected chi connectivity index (χ3v) is 12.7. The van der Waals surface area contributed by atoms with Gasteiger partial charge in [-0.1, -0.05) is 97.1 Å². The van der Waals surface area contributed by atoms with Crippen LogP contribution >= 0.6 is 22.7 Å². The maximum absolute atomic E-state index is 2.49. The van der Waals surface area contributed by atoms with Crippen LogP contribution in [0.4, 0.5) is 51.2 Å². The van der Waals surface area contributed by atoms with E-state index in [1.165, 1.54) is 51.7 Å². The van der Waals surface area contributed by atoms with Gasteiger partial charge in [0.25, 0.3) is 0 Å². The maximum Gasteiger partial charge on any atom is 0.0640 e. The zero-order chi connectivity index (χ0) is 34.9. The summed E-state index contributed by atoms with van der Waals surface area (Å²) in [7, 11) is 0. The van der Waals surface area contributed by atoms with Gasteiger partial charge in [-0.15, -0.1) is 22.7 Å². The molecule has 250 valence electrons. The van der Waals surface area contributed by atoms with Crippen LogP contribution in [-0.2, 0) is 0 Å². The first kappa shape index (κ1) is 30.2. The highest BCUT2D eigenvalue weighted by molar-refractivity contribution is 7.27. The molecule has 0 atom stereocenters. The second-order valence-corrected chi connectivity index (χ2v) is 15.5. The maximum atomic E-state index is 2.49. The molecule has 8 aromatic carbocycles. The highest BCUT2D eigenvalue weighted by Crippen LogP contribution is 2.53. The third-order valence-electron chi connectivity index (χ3n) is 10.3. The molecule has 0 radical (unpaired) electrons. The number of anilines is 9. The number of hydrogen-bond donors (Lipinski definition) is 0. The average Bonchev–Trinajstić information content (AvgIpc) is 3.79. The Bertz CT molecular complexity index is 2930. The molecule has 2 aromatic heterocycles. The smallest absolute Gasteiger partial charge is 0.0640 e. The van der Waals surface area contributed by atoms with Gasteiger partial charge in [0.15, 0.2) is 0 Å². The molecule has 0 saturated carbocycles. The lowest BCUT2D eigenvalue weighted by atomic mass is 10.1. The molecular weight excluding hydrogens is 683 g/mol. The standard InChI is InChI=1S/C48H31N3S2/c1-4-14-32(15-5-1)49(33-16-6-2-7-17-33)36-28-37-30-38(29-36)51(35-26-27-46-42(31-35)39-20-10-11-25-45(39)52-46)44-24-13-22-41-40-21-12-23-43(47(40)53-48(41)44)50(37)34-18-8-3-9-19-34/h1-31H. The predicted molar refractivity (Wildman–Crippen MR) is 230 cm³/mol. The fourth-order valence-electron chi connectivity index (χ4n) is 8.00. The molecule has 0 fully saturated rings. The van der Waals surface area contributed by atoms with Gasteiger partial charge in [0, 0.05) is 53.7 Å². The molecule has 0 saturated heterocycles. The Hall–Kier alpha value is -6.40. The number of benzene rings is 8. The third kappa shape index (κ3) is 4.86. The molecule has 0 spiro atoms. The number of fused-ring (bicyclic) bond motifs is 6. The van der Waals surface area contributed by atoms with Crippen LogP contribution in [0.25, 0.3) is 40.3 Å².